The molecule has 3 unspecified atom stereocenters. The molecule has 3 atom stereocenters. The summed E-state index contributed by atoms with van der Waals surface area (Å²) in [7, 11) is 1.85. The average Bonchev–Trinajstić information content (AvgIpc) is 2.94. The highest BCUT2D eigenvalue weighted by atomic mass is 127. The molecule has 1 aromatic rings. The topological polar surface area (TPSA) is 45.7 Å². The highest BCUT2D eigenvalue weighted by Gasteiger charge is 2.66. The standard InChI is InChI=1S/C19H26ClN3O.HI/c1-21-18(22-10-6-13-4-2-5-14(20)12-13)23-16-15-7-11-24-17(15)19(16)8-3-9-19;/h2,4-5,12,15-17H,3,6-11H2,1H3,(H2,21,22,23);1H. The second-order valence-corrected chi connectivity index (χ2v) is 7.77. The predicted molar refractivity (Wildman–Crippen MR) is 113 cm³/mol. The number of rotatable bonds is 4. The van der Waals surface area contributed by atoms with E-state index in [0.717, 1.165) is 30.6 Å². The average molecular weight is 476 g/mol. The van der Waals surface area contributed by atoms with Crippen molar-refractivity contribution in [2.75, 3.05) is 20.2 Å². The van der Waals surface area contributed by atoms with Gasteiger partial charge < -0.3 is 15.4 Å². The van der Waals surface area contributed by atoms with Crippen LogP contribution in [0.2, 0.25) is 5.02 Å². The minimum atomic E-state index is 0. The predicted octanol–water partition coefficient (Wildman–Crippen LogP) is 3.62. The van der Waals surface area contributed by atoms with Gasteiger partial charge in [-0.3, -0.25) is 4.99 Å². The van der Waals surface area contributed by atoms with Crippen LogP contribution in [0.15, 0.2) is 29.3 Å². The highest BCUT2D eigenvalue weighted by molar-refractivity contribution is 14.0. The smallest absolute Gasteiger partial charge is 0.191 e. The Labute approximate surface area is 172 Å². The van der Waals surface area contributed by atoms with Crippen LogP contribution in [0.3, 0.4) is 0 Å². The van der Waals surface area contributed by atoms with E-state index in [-0.39, 0.29) is 24.0 Å². The third-order valence-corrected chi connectivity index (χ3v) is 6.38. The molecule has 6 heteroatoms. The van der Waals surface area contributed by atoms with Crippen molar-refractivity contribution in [2.45, 2.75) is 44.2 Å². The zero-order valence-electron chi connectivity index (χ0n) is 14.6. The molecule has 0 aromatic heterocycles. The van der Waals surface area contributed by atoms with E-state index in [1.54, 1.807) is 0 Å². The molecule has 138 valence electrons. The molecule has 0 radical (unpaired) electrons. The van der Waals surface area contributed by atoms with Gasteiger partial charge in [-0.25, -0.2) is 0 Å². The van der Waals surface area contributed by atoms with Crippen LogP contribution in [0, 0.1) is 11.3 Å². The maximum absolute atomic E-state index is 6.05. The normalized spacial score (nSPS) is 29.2. The Morgan fingerprint density at radius 3 is 2.92 bits per heavy atom. The molecule has 4 rings (SSSR count). The monoisotopic (exact) mass is 475 g/mol. The van der Waals surface area contributed by atoms with Gasteiger partial charge in [0.15, 0.2) is 5.96 Å². The molecule has 25 heavy (non-hydrogen) atoms. The number of aliphatic imine (C=N–C) groups is 1. The first-order valence-electron chi connectivity index (χ1n) is 9.06. The third kappa shape index (κ3) is 3.52. The van der Waals surface area contributed by atoms with Gasteiger partial charge in [0, 0.05) is 42.6 Å². The molecule has 1 saturated heterocycles. The summed E-state index contributed by atoms with van der Waals surface area (Å²) in [6.07, 6.45) is 6.55. The Morgan fingerprint density at radius 2 is 2.24 bits per heavy atom. The molecule has 3 fully saturated rings. The number of guanidine groups is 1. The molecule has 1 aromatic carbocycles. The minimum Gasteiger partial charge on any atom is -0.377 e. The Hall–Kier alpha value is -0.530. The number of nitrogens with one attached hydrogen (secondary N) is 2. The molecule has 4 nitrogen and oxygen atoms in total. The van der Waals surface area contributed by atoms with Crippen molar-refractivity contribution in [3.63, 3.8) is 0 Å². The van der Waals surface area contributed by atoms with Gasteiger partial charge in [-0.05, 0) is 43.4 Å². The molecular formula is C19H27ClIN3O. The number of nitrogens with zero attached hydrogens (tertiary/aromatic N) is 1. The molecule has 2 saturated carbocycles. The summed E-state index contributed by atoms with van der Waals surface area (Å²) in [5.41, 5.74) is 1.62. The largest absolute Gasteiger partial charge is 0.377 e. The first-order chi connectivity index (χ1) is 11.7. The zero-order valence-corrected chi connectivity index (χ0v) is 17.7. The van der Waals surface area contributed by atoms with Crippen LogP contribution in [-0.4, -0.2) is 38.3 Å². The van der Waals surface area contributed by atoms with E-state index < -0.39 is 0 Å². The number of halogens is 2. The third-order valence-electron chi connectivity index (χ3n) is 6.15. The van der Waals surface area contributed by atoms with E-state index in [1.165, 1.54) is 31.2 Å². The lowest BCUT2D eigenvalue weighted by Gasteiger charge is -2.63. The van der Waals surface area contributed by atoms with Crippen molar-refractivity contribution in [2.24, 2.45) is 16.3 Å². The van der Waals surface area contributed by atoms with Gasteiger partial charge in [0.1, 0.15) is 0 Å². The van der Waals surface area contributed by atoms with Crippen LogP contribution in [0.1, 0.15) is 31.2 Å². The van der Waals surface area contributed by atoms with Gasteiger partial charge >= 0.3 is 0 Å². The fraction of sp³-hybridized carbons (Fsp3) is 0.632. The van der Waals surface area contributed by atoms with Gasteiger partial charge in [-0.2, -0.15) is 0 Å². The van der Waals surface area contributed by atoms with E-state index in [1.807, 2.05) is 25.2 Å². The molecule has 0 amide bonds. The molecule has 2 N–H and O–H groups in total. The number of hydrogen-bond donors (Lipinski definition) is 2. The van der Waals surface area contributed by atoms with Crippen LogP contribution in [0.4, 0.5) is 0 Å². The molecule has 1 heterocycles. The summed E-state index contributed by atoms with van der Waals surface area (Å²) in [4.78, 5) is 4.42. The molecule has 0 bridgehead atoms. The maximum atomic E-state index is 6.05. The SMILES string of the molecule is CN=C(NCCc1cccc(Cl)c1)NC1C2CCOC2C12CCC2.I. The molecular weight excluding hydrogens is 449 g/mol. The number of benzene rings is 1. The van der Waals surface area contributed by atoms with Crippen LogP contribution in [0.25, 0.3) is 0 Å². The highest BCUT2D eigenvalue weighted by Crippen LogP contribution is 2.62. The molecule has 1 aliphatic heterocycles. The van der Waals surface area contributed by atoms with Crippen molar-refractivity contribution in [3.8, 4) is 0 Å². The van der Waals surface area contributed by atoms with Gasteiger partial charge in [-0.15, -0.1) is 24.0 Å². The van der Waals surface area contributed by atoms with Gasteiger partial charge in [-0.1, -0.05) is 30.2 Å². The maximum Gasteiger partial charge on any atom is 0.191 e. The summed E-state index contributed by atoms with van der Waals surface area (Å²) < 4.78 is 5.99. The van der Waals surface area contributed by atoms with Crippen LogP contribution >= 0.6 is 35.6 Å². The van der Waals surface area contributed by atoms with Crippen LogP contribution in [0.5, 0.6) is 0 Å². The Morgan fingerprint density at radius 1 is 1.40 bits per heavy atom. The summed E-state index contributed by atoms with van der Waals surface area (Å²) in [5, 5.41) is 7.95. The van der Waals surface area contributed by atoms with Crippen molar-refractivity contribution < 1.29 is 4.74 Å². The van der Waals surface area contributed by atoms with E-state index in [4.69, 9.17) is 16.3 Å². The van der Waals surface area contributed by atoms with Gasteiger partial charge in [0.2, 0.25) is 0 Å². The Bertz CT molecular complexity index is 635. The van der Waals surface area contributed by atoms with E-state index in [0.29, 0.717) is 23.5 Å². The Kier molecular flexibility index (Phi) is 6.16. The van der Waals surface area contributed by atoms with E-state index in [2.05, 4.69) is 21.7 Å². The quantitative estimate of drug-likeness (QED) is 0.397. The summed E-state index contributed by atoms with van der Waals surface area (Å²) in [5.74, 6) is 1.58. The second kappa shape index (κ2) is 8.01. The lowest BCUT2D eigenvalue weighted by Crippen LogP contribution is -2.72. The summed E-state index contributed by atoms with van der Waals surface area (Å²) >= 11 is 6.05. The van der Waals surface area contributed by atoms with Gasteiger partial charge in [0.25, 0.3) is 0 Å². The number of fused-ring (bicyclic) bond motifs is 2. The van der Waals surface area contributed by atoms with Crippen molar-refractivity contribution in [3.05, 3.63) is 34.9 Å². The Balaban J connectivity index is 0.00000182. The van der Waals surface area contributed by atoms with Crippen molar-refractivity contribution in [1.82, 2.24) is 10.6 Å². The van der Waals surface area contributed by atoms with Crippen LogP contribution in [-0.2, 0) is 11.2 Å². The molecule has 2 aliphatic carbocycles. The fourth-order valence-corrected chi connectivity index (χ4v) is 5.03. The minimum absolute atomic E-state index is 0. The zero-order chi connectivity index (χ0) is 16.6. The summed E-state index contributed by atoms with van der Waals surface area (Å²) in [6.45, 7) is 1.78. The first kappa shape index (κ1) is 19.2. The van der Waals surface area contributed by atoms with Crippen LogP contribution < -0.4 is 10.6 Å². The molecule has 1 spiro atoms. The summed E-state index contributed by atoms with van der Waals surface area (Å²) in [6, 6.07) is 8.57. The number of hydrogen-bond acceptors (Lipinski definition) is 2. The number of ether oxygens (including phenoxy) is 1. The van der Waals surface area contributed by atoms with Crippen molar-refractivity contribution >= 4 is 41.5 Å². The van der Waals surface area contributed by atoms with Crippen molar-refractivity contribution in [1.29, 1.82) is 0 Å². The lowest BCUT2D eigenvalue weighted by atomic mass is 9.46. The van der Waals surface area contributed by atoms with E-state index >= 15 is 0 Å². The van der Waals surface area contributed by atoms with Gasteiger partial charge in [0.05, 0.1) is 6.10 Å². The first-order valence-corrected chi connectivity index (χ1v) is 9.44. The second-order valence-electron chi connectivity index (χ2n) is 7.33. The lowest BCUT2D eigenvalue weighted by molar-refractivity contribution is -0.171. The van der Waals surface area contributed by atoms with E-state index in [9.17, 15) is 0 Å². The molecule has 3 aliphatic rings. The fourth-order valence-electron chi connectivity index (χ4n) is 4.82.